The van der Waals surface area contributed by atoms with Crippen molar-refractivity contribution in [2.75, 3.05) is 0 Å². The summed E-state index contributed by atoms with van der Waals surface area (Å²) in [5.74, 6) is -1.23. The number of benzene rings is 1. The average molecular weight is 261 g/mol. The minimum absolute atomic E-state index is 0.0437. The molecule has 76 valence electrons. The Kier molecular flexibility index (Phi) is 3.63. The molecule has 0 atom stereocenters. The molecule has 0 bridgehead atoms. The third-order valence-corrected chi connectivity index (χ3v) is 2.87. The lowest BCUT2D eigenvalue weighted by Gasteiger charge is -2.05. The van der Waals surface area contributed by atoms with Crippen LogP contribution >= 0.6 is 15.9 Å². The van der Waals surface area contributed by atoms with Gasteiger partial charge in [-0.3, -0.25) is 4.79 Å². The van der Waals surface area contributed by atoms with Crippen molar-refractivity contribution in [3.05, 3.63) is 33.5 Å². The van der Waals surface area contributed by atoms with Crippen LogP contribution in [0.25, 0.3) is 0 Å². The van der Waals surface area contributed by atoms with Crippen LogP contribution in [0.2, 0.25) is 0 Å². The molecular weight excluding hydrogens is 251 g/mol. The lowest BCUT2D eigenvalue weighted by Crippen LogP contribution is -2.00. The number of carbonyl (C=O) groups is 1. The van der Waals surface area contributed by atoms with Gasteiger partial charge in [0.15, 0.2) is 0 Å². The highest BCUT2D eigenvalue weighted by molar-refractivity contribution is 9.10. The maximum Gasteiger partial charge on any atom is 0.303 e. The zero-order chi connectivity index (χ0) is 10.7. The molecule has 0 saturated carbocycles. The summed E-state index contributed by atoms with van der Waals surface area (Å²) in [5, 5.41) is 8.46. The van der Waals surface area contributed by atoms with Gasteiger partial charge in [-0.15, -0.1) is 0 Å². The Bertz CT molecular complexity index is 363. The molecule has 0 fully saturated rings. The first kappa shape index (κ1) is 11.2. The molecule has 1 aromatic rings. The standard InChI is InChI=1S/C10H10BrFO2/c1-6-8(11)4-2-7(10(6)12)3-5-9(13)14/h2,4H,3,5H2,1H3,(H,13,14). The highest BCUT2D eigenvalue weighted by Gasteiger charge is 2.09. The number of carboxylic acid groups (broad SMARTS) is 1. The summed E-state index contributed by atoms with van der Waals surface area (Å²) in [7, 11) is 0. The number of halogens is 2. The monoisotopic (exact) mass is 260 g/mol. The molecule has 0 unspecified atom stereocenters. The smallest absolute Gasteiger partial charge is 0.303 e. The largest absolute Gasteiger partial charge is 0.481 e. The summed E-state index contributed by atoms with van der Waals surface area (Å²) >= 11 is 3.20. The molecule has 0 spiro atoms. The van der Waals surface area contributed by atoms with Gasteiger partial charge in [0.1, 0.15) is 5.82 Å². The zero-order valence-corrected chi connectivity index (χ0v) is 9.27. The highest BCUT2D eigenvalue weighted by atomic mass is 79.9. The summed E-state index contributed by atoms with van der Waals surface area (Å²) in [6.07, 6.45) is 0.188. The van der Waals surface area contributed by atoms with Crippen molar-refractivity contribution >= 4 is 21.9 Å². The second-order valence-corrected chi connectivity index (χ2v) is 3.89. The fraction of sp³-hybridized carbons (Fsp3) is 0.300. The lowest BCUT2D eigenvalue weighted by atomic mass is 10.1. The van der Waals surface area contributed by atoms with Gasteiger partial charge in [0.2, 0.25) is 0 Å². The Morgan fingerprint density at radius 3 is 2.79 bits per heavy atom. The molecule has 0 amide bonds. The summed E-state index contributed by atoms with van der Waals surface area (Å²) < 4.78 is 14.2. The summed E-state index contributed by atoms with van der Waals surface area (Å²) in [5.41, 5.74) is 0.973. The van der Waals surface area contributed by atoms with Crippen molar-refractivity contribution in [1.82, 2.24) is 0 Å². The summed E-state index contributed by atoms with van der Waals surface area (Å²) in [6, 6.07) is 3.34. The topological polar surface area (TPSA) is 37.3 Å². The van der Waals surface area contributed by atoms with Crippen LogP contribution in [-0.4, -0.2) is 11.1 Å². The minimum Gasteiger partial charge on any atom is -0.481 e. The zero-order valence-electron chi connectivity index (χ0n) is 7.68. The maximum atomic E-state index is 13.5. The molecule has 0 aliphatic rings. The first-order valence-electron chi connectivity index (χ1n) is 4.17. The Hall–Kier alpha value is -0.900. The van der Waals surface area contributed by atoms with E-state index < -0.39 is 5.97 Å². The van der Waals surface area contributed by atoms with Gasteiger partial charge in [0, 0.05) is 10.9 Å². The van der Waals surface area contributed by atoms with Crippen LogP contribution in [-0.2, 0) is 11.2 Å². The van der Waals surface area contributed by atoms with Crippen LogP contribution < -0.4 is 0 Å². The third-order valence-electron chi connectivity index (χ3n) is 2.01. The van der Waals surface area contributed by atoms with Crippen molar-refractivity contribution in [1.29, 1.82) is 0 Å². The van der Waals surface area contributed by atoms with E-state index in [1.807, 2.05) is 0 Å². The molecule has 0 aliphatic carbocycles. The molecule has 0 aromatic heterocycles. The molecule has 1 rings (SSSR count). The Balaban J connectivity index is 2.88. The van der Waals surface area contributed by atoms with Crippen molar-refractivity contribution in [3.8, 4) is 0 Å². The van der Waals surface area contributed by atoms with E-state index in [4.69, 9.17) is 5.11 Å². The van der Waals surface area contributed by atoms with Crippen molar-refractivity contribution < 1.29 is 14.3 Å². The molecule has 1 N–H and O–H groups in total. The van der Waals surface area contributed by atoms with E-state index in [0.29, 0.717) is 15.6 Å². The number of rotatable bonds is 3. The van der Waals surface area contributed by atoms with Gasteiger partial charge in [-0.2, -0.15) is 0 Å². The fourth-order valence-corrected chi connectivity index (χ4v) is 1.46. The van der Waals surface area contributed by atoms with Gasteiger partial charge >= 0.3 is 5.97 Å². The lowest BCUT2D eigenvalue weighted by molar-refractivity contribution is -0.136. The van der Waals surface area contributed by atoms with Gasteiger partial charge in [-0.1, -0.05) is 22.0 Å². The second kappa shape index (κ2) is 4.55. The predicted octanol–water partition coefficient (Wildman–Crippen LogP) is 2.91. The minimum atomic E-state index is -0.912. The molecule has 0 aliphatic heterocycles. The molecule has 0 heterocycles. The number of aryl methyl sites for hydroxylation is 1. The van der Waals surface area contributed by atoms with E-state index >= 15 is 0 Å². The second-order valence-electron chi connectivity index (χ2n) is 3.04. The van der Waals surface area contributed by atoms with E-state index in [1.165, 1.54) is 0 Å². The van der Waals surface area contributed by atoms with Crippen molar-refractivity contribution in [3.63, 3.8) is 0 Å². The van der Waals surface area contributed by atoms with E-state index in [1.54, 1.807) is 19.1 Å². The van der Waals surface area contributed by atoms with Crippen molar-refractivity contribution in [2.24, 2.45) is 0 Å². The van der Waals surface area contributed by atoms with Crippen LogP contribution in [0.1, 0.15) is 17.5 Å². The van der Waals surface area contributed by atoms with Crippen LogP contribution in [0.15, 0.2) is 16.6 Å². The highest BCUT2D eigenvalue weighted by Crippen LogP contribution is 2.22. The first-order chi connectivity index (χ1) is 6.52. The van der Waals surface area contributed by atoms with Crippen LogP contribution in [0.5, 0.6) is 0 Å². The molecule has 4 heteroatoms. The molecule has 2 nitrogen and oxygen atoms in total. The van der Waals surface area contributed by atoms with Gasteiger partial charge in [-0.25, -0.2) is 4.39 Å². The third kappa shape index (κ3) is 2.54. The van der Waals surface area contributed by atoms with Crippen LogP contribution in [0.4, 0.5) is 4.39 Å². The molecular formula is C10H10BrFO2. The fourth-order valence-electron chi connectivity index (χ4n) is 1.15. The van der Waals surface area contributed by atoms with Gasteiger partial charge in [-0.05, 0) is 30.5 Å². The molecule has 1 aromatic carbocycles. The number of aliphatic carboxylic acids is 1. The molecule has 14 heavy (non-hydrogen) atoms. The average Bonchev–Trinajstić information content (AvgIpc) is 2.13. The van der Waals surface area contributed by atoms with Gasteiger partial charge in [0.05, 0.1) is 0 Å². The van der Waals surface area contributed by atoms with Crippen LogP contribution in [0, 0.1) is 12.7 Å². The Morgan fingerprint density at radius 2 is 2.21 bits per heavy atom. The molecule has 0 saturated heterocycles. The number of hydrogen-bond donors (Lipinski definition) is 1. The van der Waals surface area contributed by atoms with E-state index in [2.05, 4.69) is 15.9 Å². The first-order valence-corrected chi connectivity index (χ1v) is 4.97. The van der Waals surface area contributed by atoms with Crippen LogP contribution in [0.3, 0.4) is 0 Å². The van der Waals surface area contributed by atoms with E-state index in [-0.39, 0.29) is 18.7 Å². The number of hydrogen-bond acceptors (Lipinski definition) is 1. The van der Waals surface area contributed by atoms with E-state index in [0.717, 1.165) is 0 Å². The van der Waals surface area contributed by atoms with E-state index in [9.17, 15) is 9.18 Å². The normalized spacial score (nSPS) is 10.2. The maximum absolute atomic E-state index is 13.5. The number of carboxylic acids is 1. The Labute approximate surface area is 89.9 Å². The SMILES string of the molecule is Cc1c(Br)ccc(CCC(=O)O)c1F. The summed E-state index contributed by atoms with van der Waals surface area (Å²) in [4.78, 5) is 10.3. The van der Waals surface area contributed by atoms with Gasteiger partial charge < -0.3 is 5.11 Å². The quantitative estimate of drug-likeness (QED) is 0.908. The molecule has 0 radical (unpaired) electrons. The predicted molar refractivity (Wildman–Crippen MR) is 54.8 cm³/mol. The Morgan fingerprint density at radius 1 is 1.57 bits per heavy atom. The van der Waals surface area contributed by atoms with Gasteiger partial charge in [0.25, 0.3) is 0 Å². The summed E-state index contributed by atoms with van der Waals surface area (Å²) in [6.45, 7) is 1.66. The van der Waals surface area contributed by atoms with Crippen molar-refractivity contribution in [2.45, 2.75) is 19.8 Å².